The van der Waals surface area contributed by atoms with Crippen LogP contribution < -0.4 is 0 Å². The average Bonchev–Trinajstić information content (AvgIpc) is 3.57. The van der Waals surface area contributed by atoms with Gasteiger partial charge in [-0.1, -0.05) is 84.9 Å². The largest absolute Gasteiger partial charge is 0.463 e. The van der Waals surface area contributed by atoms with Crippen molar-refractivity contribution in [3.8, 4) is 0 Å². The van der Waals surface area contributed by atoms with Gasteiger partial charge in [0.1, 0.15) is 31.0 Å². The highest BCUT2D eigenvalue weighted by Gasteiger charge is 2.62. The van der Waals surface area contributed by atoms with Gasteiger partial charge in [0.2, 0.25) is 0 Å². The van der Waals surface area contributed by atoms with Crippen molar-refractivity contribution in [2.45, 2.75) is 108 Å². The molecule has 3 aliphatic rings. The second-order valence-electron chi connectivity index (χ2n) is 14.3. The molecule has 0 spiro atoms. The molecule has 0 amide bonds. The van der Waals surface area contributed by atoms with Crippen molar-refractivity contribution in [3.63, 3.8) is 0 Å². The molecule has 0 aliphatic carbocycles. The monoisotopic (exact) mass is 834 g/mol. The van der Waals surface area contributed by atoms with Gasteiger partial charge in [-0.25, -0.2) is 4.79 Å². The maximum Gasteiger partial charge on any atom is 0.338 e. The second kappa shape index (κ2) is 21.0. The Morgan fingerprint density at radius 3 is 1.87 bits per heavy atom. The van der Waals surface area contributed by atoms with Gasteiger partial charge in [-0.2, -0.15) is 0 Å². The topological polar surface area (TPSA) is 179 Å². The molecule has 0 N–H and O–H groups in total. The first-order chi connectivity index (χ1) is 28.9. The molecule has 3 saturated heterocycles. The summed E-state index contributed by atoms with van der Waals surface area (Å²) in [5.41, 5.74) is 1.97. The fourth-order valence-electron chi connectivity index (χ4n) is 7.05. The van der Waals surface area contributed by atoms with Gasteiger partial charge in [0.15, 0.2) is 37.0 Å². The predicted octanol–water partition coefficient (Wildman–Crippen LogP) is 4.57. The van der Waals surface area contributed by atoms with Crippen molar-refractivity contribution in [2.24, 2.45) is 0 Å². The summed E-state index contributed by atoms with van der Waals surface area (Å²) < 4.78 is 73.8. The van der Waals surface area contributed by atoms with Gasteiger partial charge in [0.05, 0.1) is 32.0 Å². The molecule has 3 aromatic rings. The van der Waals surface area contributed by atoms with Crippen LogP contribution in [0.4, 0.5) is 0 Å². The minimum atomic E-state index is -2.02. The molecule has 3 aliphatic heterocycles. The lowest BCUT2D eigenvalue weighted by atomic mass is 9.97. The molecule has 60 heavy (non-hydrogen) atoms. The maximum absolute atomic E-state index is 13.8. The third-order valence-electron chi connectivity index (χ3n) is 9.58. The maximum atomic E-state index is 13.8. The van der Waals surface area contributed by atoms with Crippen LogP contribution in [0.1, 0.15) is 49.2 Å². The quantitative estimate of drug-likeness (QED) is 0.0988. The van der Waals surface area contributed by atoms with E-state index in [4.69, 9.17) is 56.8 Å². The highest BCUT2D eigenvalue weighted by molar-refractivity contribution is 5.89. The van der Waals surface area contributed by atoms with E-state index in [-0.39, 0.29) is 38.6 Å². The van der Waals surface area contributed by atoms with E-state index in [0.29, 0.717) is 0 Å². The van der Waals surface area contributed by atoms with Crippen LogP contribution in [0.25, 0.3) is 0 Å². The Labute approximate surface area is 347 Å². The Kier molecular flexibility index (Phi) is 15.6. The van der Waals surface area contributed by atoms with Crippen LogP contribution in [-0.4, -0.2) is 111 Å². The third kappa shape index (κ3) is 11.8. The van der Waals surface area contributed by atoms with E-state index in [1.807, 2.05) is 60.7 Å². The van der Waals surface area contributed by atoms with Crippen LogP contribution >= 0.6 is 0 Å². The molecule has 322 valence electrons. The SMILES string of the molecule is C=CCO[C@@H]1O[C@H](COCc2ccccc2)[C@H](O[C@]2(C)O[C@H]3O[C@H](COC(C)=O)[C@H](OC(C)=O)[C@H](OC(C)=O)[C@H]3O2)[C@H](OCc2ccccc2)[C@H]1OC(=O)c1ccccc1. The summed E-state index contributed by atoms with van der Waals surface area (Å²) in [6.07, 6.45) is -10.5. The number of hydrogen-bond donors (Lipinski definition) is 0. The van der Waals surface area contributed by atoms with Gasteiger partial charge in [-0.3, -0.25) is 19.1 Å². The summed E-state index contributed by atoms with van der Waals surface area (Å²) in [5, 5.41) is 0. The minimum absolute atomic E-state index is 0.0265. The first-order valence-corrected chi connectivity index (χ1v) is 19.5. The zero-order valence-corrected chi connectivity index (χ0v) is 33.8. The van der Waals surface area contributed by atoms with E-state index < -0.39 is 91.3 Å². The molecular formula is C44H50O16. The molecule has 6 rings (SSSR count). The Bertz CT molecular complexity index is 1880. The number of benzene rings is 3. The number of esters is 4. The predicted molar refractivity (Wildman–Crippen MR) is 207 cm³/mol. The van der Waals surface area contributed by atoms with Crippen LogP contribution in [0, 0.1) is 0 Å². The minimum Gasteiger partial charge on any atom is -0.463 e. The molecule has 16 heteroatoms. The van der Waals surface area contributed by atoms with Crippen LogP contribution in [0.5, 0.6) is 0 Å². The number of fused-ring (bicyclic) bond motifs is 1. The fraction of sp³-hybridized carbons (Fsp3) is 0.455. The Morgan fingerprint density at radius 2 is 1.25 bits per heavy atom. The van der Waals surface area contributed by atoms with Gasteiger partial charge >= 0.3 is 23.9 Å². The van der Waals surface area contributed by atoms with Crippen molar-refractivity contribution >= 4 is 23.9 Å². The van der Waals surface area contributed by atoms with Crippen molar-refractivity contribution < 1.29 is 76.0 Å². The normalized spacial score (nSPS) is 29.7. The standard InChI is InChI=1S/C44H50O16/c1-6-22-50-42-39(57-41(48)32-20-14-9-15-21-32)37(52-24-31-18-12-8-13-19-31)36(33(55-42)25-49-23-30-16-10-7-11-17-30)58-44(5)59-40-38(54-29(4)47)35(53-28(3)46)34(26-51-27(2)45)56-43(40)60-44/h6-21,33-40,42-43H,1,22-26H2,2-5H3/t33-,34-,35+,36+,37+,38+,39-,40-,42-,43-,44+/m1/s1. The highest BCUT2D eigenvalue weighted by Crippen LogP contribution is 2.42. The summed E-state index contributed by atoms with van der Waals surface area (Å²) in [6.45, 7) is 8.62. The van der Waals surface area contributed by atoms with E-state index in [1.54, 1.807) is 30.3 Å². The lowest BCUT2D eigenvalue weighted by Crippen LogP contribution is -2.64. The first-order valence-electron chi connectivity index (χ1n) is 19.5. The van der Waals surface area contributed by atoms with Gasteiger partial charge < -0.3 is 52.1 Å². The van der Waals surface area contributed by atoms with Crippen molar-refractivity contribution in [2.75, 3.05) is 19.8 Å². The fourth-order valence-corrected chi connectivity index (χ4v) is 7.05. The smallest absolute Gasteiger partial charge is 0.338 e. The van der Waals surface area contributed by atoms with Gasteiger partial charge in [0.25, 0.3) is 5.97 Å². The molecule has 16 nitrogen and oxygen atoms in total. The van der Waals surface area contributed by atoms with Crippen molar-refractivity contribution in [1.29, 1.82) is 0 Å². The summed E-state index contributed by atoms with van der Waals surface area (Å²) in [7, 11) is 0. The number of hydrogen-bond acceptors (Lipinski definition) is 16. The van der Waals surface area contributed by atoms with Gasteiger partial charge in [-0.05, 0) is 23.3 Å². The lowest BCUT2D eigenvalue weighted by molar-refractivity contribution is -0.402. The Morgan fingerprint density at radius 1 is 0.650 bits per heavy atom. The van der Waals surface area contributed by atoms with E-state index in [0.717, 1.165) is 11.1 Å². The van der Waals surface area contributed by atoms with Crippen LogP contribution in [0.2, 0.25) is 0 Å². The summed E-state index contributed by atoms with van der Waals surface area (Å²) in [5.74, 6) is -4.76. The molecule has 0 aromatic heterocycles. The van der Waals surface area contributed by atoms with E-state index in [2.05, 4.69) is 6.58 Å². The molecule has 3 heterocycles. The van der Waals surface area contributed by atoms with Crippen LogP contribution in [-0.2, 0) is 84.4 Å². The number of carbonyl (C=O) groups excluding carboxylic acids is 4. The highest BCUT2D eigenvalue weighted by atomic mass is 16.9. The van der Waals surface area contributed by atoms with Crippen molar-refractivity contribution in [3.05, 3.63) is 120 Å². The van der Waals surface area contributed by atoms with Crippen LogP contribution in [0.3, 0.4) is 0 Å². The number of rotatable bonds is 18. The second-order valence-corrected chi connectivity index (χ2v) is 14.3. The number of ether oxygens (including phenoxy) is 12. The lowest BCUT2D eigenvalue weighted by Gasteiger charge is -2.46. The Hall–Kier alpha value is -5.04. The summed E-state index contributed by atoms with van der Waals surface area (Å²) in [4.78, 5) is 50.3. The van der Waals surface area contributed by atoms with Crippen molar-refractivity contribution in [1.82, 2.24) is 0 Å². The van der Waals surface area contributed by atoms with Crippen LogP contribution in [0.15, 0.2) is 104 Å². The Balaban J connectivity index is 1.36. The first kappa shape index (κ1) is 44.5. The summed E-state index contributed by atoms with van der Waals surface area (Å²) in [6, 6.07) is 27.3. The van der Waals surface area contributed by atoms with Gasteiger partial charge in [-0.15, -0.1) is 6.58 Å². The molecule has 0 unspecified atom stereocenters. The molecule has 0 radical (unpaired) electrons. The summed E-state index contributed by atoms with van der Waals surface area (Å²) >= 11 is 0. The number of carbonyl (C=O) groups is 4. The molecule has 0 bridgehead atoms. The molecule has 3 fully saturated rings. The average molecular weight is 835 g/mol. The zero-order valence-electron chi connectivity index (χ0n) is 33.8. The van der Waals surface area contributed by atoms with Gasteiger partial charge in [0, 0.05) is 27.7 Å². The van der Waals surface area contributed by atoms with E-state index in [1.165, 1.54) is 33.8 Å². The van der Waals surface area contributed by atoms with E-state index in [9.17, 15) is 19.2 Å². The molecule has 3 aromatic carbocycles. The third-order valence-corrected chi connectivity index (χ3v) is 9.58. The van der Waals surface area contributed by atoms with E-state index >= 15 is 0 Å². The zero-order chi connectivity index (χ0) is 42.6. The molecule has 11 atom stereocenters. The molecular weight excluding hydrogens is 784 g/mol. The molecule has 0 saturated carbocycles.